The van der Waals surface area contributed by atoms with E-state index in [-0.39, 0.29) is 0 Å². The molecule has 1 aromatic heterocycles. The van der Waals surface area contributed by atoms with Crippen molar-refractivity contribution < 1.29 is 0 Å². The molecule has 0 aliphatic rings. The zero-order valence-electron chi connectivity index (χ0n) is 11.3. The first-order valence-corrected chi connectivity index (χ1v) is 7.62. The van der Waals surface area contributed by atoms with Crippen LogP contribution in [0.5, 0.6) is 0 Å². The molecule has 0 saturated heterocycles. The summed E-state index contributed by atoms with van der Waals surface area (Å²) in [6.07, 6.45) is 1.55. The van der Waals surface area contributed by atoms with Crippen LogP contribution in [0.4, 0.5) is 23.1 Å². The van der Waals surface area contributed by atoms with Gasteiger partial charge in [-0.15, -0.1) is 5.10 Å². The fourth-order valence-electron chi connectivity index (χ4n) is 1.81. The van der Waals surface area contributed by atoms with Crippen LogP contribution in [0.15, 0.2) is 59.2 Å². The van der Waals surface area contributed by atoms with Gasteiger partial charge in [-0.05, 0) is 30.3 Å². The summed E-state index contributed by atoms with van der Waals surface area (Å²) in [5, 5.41) is 14.7. The quantitative estimate of drug-likeness (QED) is 0.686. The van der Waals surface area contributed by atoms with E-state index in [0.717, 1.165) is 15.8 Å². The smallest absolute Gasteiger partial charge is 0.249 e. The van der Waals surface area contributed by atoms with Gasteiger partial charge in [0.15, 0.2) is 5.82 Å². The van der Waals surface area contributed by atoms with Crippen molar-refractivity contribution in [2.24, 2.45) is 0 Å². The maximum absolute atomic E-state index is 6.10. The Hall–Kier alpha value is -2.18. The molecular weight excluding hydrogens is 366 g/mol. The largest absolute Gasteiger partial charge is 0.339 e. The SMILES string of the molecule is Clc1ccccc1Nc1nncc(Nc2cccc(Br)c2)n1. The number of aromatic nitrogens is 3. The second kappa shape index (κ2) is 6.72. The topological polar surface area (TPSA) is 62.7 Å². The second-order valence-electron chi connectivity index (χ2n) is 4.41. The van der Waals surface area contributed by atoms with Gasteiger partial charge in [0.2, 0.25) is 5.95 Å². The number of halogens is 2. The fraction of sp³-hybridized carbons (Fsp3) is 0. The predicted molar refractivity (Wildman–Crippen MR) is 92.0 cm³/mol. The highest BCUT2D eigenvalue weighted by Crippen LogP contribution is 2.24. The first-order chi connectivity index (χ1) is 10.7. The maximum atomic E-state index is 6.10. The van der Waals surface area contributed by atoms with Crippen molar-refractivity contribution in [1.82, 2.24) is 15.2 Å². The molecule has 2 aromatic carbocycles. The first-order valence-electron chi connectivity index (χ1n) is 6.44. The number of nitrogens with zero attached hydrogens (tertiary/aromatic N) is 3. The number of rotatable bonds is 4. The van der Waals surface area contributed by atoms with E-state index in [9.17, 15) is 0 Å². The van der Waals surface area contributed by atoms with Gasteiger partial charge >= 0.3 is 0 Å². The van der Waals surface area contributed by atoms with Gasteiger partial charge in [0.05, 0.1) is 16.9 Å². The number of hydrogen-bond donors (Lipinski definition) is 2. The van der Waals surface area contributed by atoms with Crippen molar-refractivity contribution >= 4 is 50.7 Å². The summed E-state index contributed by atoms with van der Waals surface area (Å²) < 4.78 is 0.980. The highest BCUT2D eigenvalue weighted by Gasteiger charge is 2.04. The highest BCUT2D eigenvalue weighted by atomic mass is 79.9. The van der Waals surface area contributed by atoms with Gasteiger partial charge in [-0.3, -0.25) is 0 Å². The van der Waals surface area contributed by atoms with Crippen molar-refractivity contribution in [3.63, 3.8) is 0 Å². The Balaban J connectivity index is 1.79. The molecule has 0 unspecified atom stereocenters. The lowest BCUT2D eigenvalue weighted by molar-refractivity contribution is 0.982. The summed E-state index contributed by atoms with van der Waals surface area (Å²) in [5.41, 5.74) is 1.63. The summed E-state index contributed by atoms with van der Waals surface area (Å²) in [7, 11) is 0. The van der Waals surface area contributed by atoms with Crippen LogP contribution in [0, 0.1) is 0 Å². The molecule has 0 saturated carbocycles. The minimum atomic E-state index is 0.369. The van der Waals surface area contributed by atoms with E-state index in [1.807, 2.05) is 42.5 Å². The summed E-state index contributed by atoms with van der Waals surface area (Å²) in [5.74, 6) is 0.954. The minimum Gasteiger partial charge on any atom is -0.339 e. The van der Waals surface area contributed by atoms with Crippen molar-refractivity contribution in [3.05, 3.63) is 64.2 Å². The van der Waals surface area contributed by atoms with Crippen LogP contribution in [0.3, 0.4) is 0 Å². The number of benzene rings is 2. The molecule has 0 atom stereocenters. The molecule has 0 bridgehead atoms. The first kappa shape index (κ1) is 14.7. The van der Waals surface area contributed by atoms with Crippen molar-refractivity contribution in [1.29, 1.82) is 0 Å². The fourth-order valence-corrected chi connectivity index (χ4v) is 2.40. The van der Waals surface area contributed by atoms with Crippen LogP contribution in [0.25, 0.3) is 0 Å². The molecule has 0 amide bonds. The van der Waals surface area contributed by atoms with E-state index in [1.54, 1.807) is 12.3 Å². The Bertz CT molecular complexity index is 796. The zero-order chi connectivity index (χ0) is 15.4. The third-order valence-electron chi connectivity index (χ3n) is 2.78. The normalized spacial score (nSPS) is 10.3. The van der Waals surface area contributed by atoms with Gasteiger partial charge in [0, 0.05) is 10.2 Å². The third kappa shape index (κ3) is 3.72. The number of nitrogens with one attached hydrogen (secondary N) is 2. The van der Waals surface area contributed by atoms with Crippen LogP contribution in [0.1, 0.15) is 0 Å². The molecule has 0 aliphatic heterocycles. The Morgan fingerprint density at radius 2 is 1.86 bits per heavy atom. The number of para-hydroxylation sites is 1. The van der Waals surface area contributed by atoms with Crippen LogP contribution < -0.4 is 10.6 Å². The Morgan fingerprint density at radius 3 is 2.68 bits per heavy atom. The van der Waals surface area contributed by atoms with Gasteiger partial charge in [0.25, 0.3) is 0 Å². The average molecular weight is 377 g/mol. The van der Waals surface area contributed by atoms with Crippen LogP contribution in [-0.4, -0.2) is 15.2 Å². The molecule has 110 valence electrons. The molecule has 1 heterocycles. The van der Waals surface area contributed by atoms with Crippen molar-refractivity contribution in [2.75, 3.05) is 10.6 Å². The molecule has 5 nitrogen and oxygen atoms in total. The molecule has 2 N–H and O–H groups in total. The highest BCUT2D eigenvalue weighted by molar-refractivity contribution is 9.10. The molecule has 0 spiro atoms. The van der Waals surface area contributed by atoms with Gasteiger partial charge < -0.3 is 10.6 Å². The summed E-state index contributed by atoms with van der Waals surface area (Å²) in [6.45, 7) is 0. The monoisotopic (exact) mass is 375 g/mol. The summed E-state index contributed by atoms with van der Waals surface area (Å²) in [4.78, 5) is 4.36. The van der Waals surface area contributed by atoms with E-state index < -0.39 is 0 Å². The molecule has 0 fully saturated rings. The maximum Gasteiger partial charge on any atom is 0.249 e. The minimum absolute atomic E-state index is 0.369. The number of anilines is 4. The van der Waals surface area contributed by atoms with E-state index in [4.69, 9.17) is 11.6 Å². The molecule has 3 rings (SSSR count). The lowest BCUT2D eigenvalue weighted by Crippen LogP contribution is -2.02. The molecule has 7 heteroatoms. The van der Waals surface area contributed by atoms with Crippen LogP contribution in [-0.2, 0) is 0 Å². The van der Waals surface area contributed by atoms with Gasteiger partial charge in [-0.1, -0.05) is 45.7 Å². The third-order valence-corrected chi connectivity index (χ3v) is 3.60. The lowest BCUT2D eigenvalue weighted by atomic mass is 10.3. The van der Waals surface area contributed by atoms with Gasteiger partial charge in [-0.2, -0.15) is 10.1 Å². The van der Waals surface area contributed by atoms with E-state index in [2.05, 4.69) is 41.7 Å². The molecular formula is C15H11BrClN5. The molecule has 0 radical (unpaired) electrons. The Kier molecular flexibility index (Phi) is 4.50. The van der Waals surface area contributed by atoms with Crippen LogP contribution >= 0.6 is 27.5 Å². The zero-order valence-corrected chi connectivity index (χ0v) is 13.6. The van der Waals surface area contributed by atoms with E-state index >= 15 is 0 Å². The Labute approximate surface area is 140 Å². The standard InChI is InChI=1S/C15H11BrClN5/c16-10-4-3-5-11(8-10)19-14-9-18-22-15(21-14)20-13-7-2-1-6-12(13)17/h1-9H,(H2,19,20,21,22). The Morgan fingerprint density at radius 1 is 1.00 bits per heavy atom. The molecule has 22 heavy (non-hydrogen) atoms. The summed E-state index contributed by atoms with van der Waals surface area (Å²) in [6, 6.07) is 15.2. The molecule has 3 aromatic rings. The van der Waals surface area contributed by atoms with E-state index in [1.165, 1.54) is 0 Å². The molecule has 0 aliphatic carbocycles. The average Bonchev–Trinajstić information content (AvgIpc) is 2.50. The van der Waals surface area contributed by atoms with Gasteiger partial charge in [0.1, 0.15) is 0 Å². The van der Waals surface area contributed by atoms with Crippen molar-refractivity contribution in [2.45, 2.75) is 0 Å². The van der Waals surface area contributed by atoms with Gasteiger partial charge in [-0.25, -0.2) is 0 Å². The number of hydrogen-bond acceptors (Lipinski definition) is 5. The van der Waals surface area contributed by atoms with Crippen molar-refractivity contribution in [3.8, 4) is 0 Å². The van der Waals surface area contributed by atoms with Crippen LogP contribution in [0.2, 0.25) is 5.02 Å². The lowest BCUT2D eigenvalue weighted by Gasteiger charge is -2.08. The second-order valence-corrected chi connectivity index (χ2v) is 5.73. The summed E-state index contributed by atoms with van der Waals surface area (Å²) >= 11 is 9.53. The predicted octanol–water partition coefficient (Wildman–Crippen LogP) is 4.77. The van der Waals surface area contributed by atoms with E-state index in [0.29, 0.717) is 16.8 Å².